The lowest BCUT2D eigenvalue weighted by molar-refractivity contribution is 0.589. The van der Waals surface area contributed by atoms with E-state index in [0.29, 0.717) is 0 Å². The van der Waals surface area contributed by atoms with E-state index in [1.807, 2.05) is 6.20 Å². The number of hydrogen-bond donors (Lipinski definition) is 1. The van der Waals surface area contributed by atoms with Crippen molar-refractivity contribution in [2.75, 3.05) is 31.1 Å². The quantitative estimate of drug-likeness (QED) is 0.911. The van der Waals surface area contributed by atoms with Crippen LogP contribution in [0.2, 0.25) is 0 Å². The van der Waals surface area contributed by atoms with Crippen LogP contribution in [0.4, 0.5) is 5.69 Å². The standard InChI is InChI=1S/C15H20N4/c1-2-19-15(13-6-4-3-5-7-13)14(12-17-19)18-10-8-16-9-11-18/h3-7,12,16H,2,8-11H2,1H3. The van der Waals surface area contributed by atoms with Crippen molar-refractivity contribution in [3.05, 3.63) is 36.5 Å². The molecule has 4 nitrogen and oxygen atoms in total. The van der Waals surface area contributed by atoms with E-state index in [4.69, 9.17) is 0 Å². The highest BCUT2D eigenvalue weighted by Gasteiger charge is 2.19. The maximum Gasteiger partial charge on any atom is 0.0916 e. The van der Waals surface area contributed by atoms with E-state index in [2.05, 4.69) is 57.3 Å². The fourth-order valence-corrected chi connectivity index (χ4v) is 2.65. The molecule has 2 aromatic rings. The Hall–Kier alpha value is -1.81. The van der Waals surface area contributed by atoms with Crippen LogP contribution in [0.15, 0.2) is 36.5 Å². The van der Waals surface area contributed by atoms with Crippen molar-refractivity contribution < 1.29 is 0 Å². The van der Waals surface area contributed by atoms with Crippen molar-refractivity contribution in [2.45, 2.75) is 13.5 Å². The second-order valence-corrected chi connectivity index (χ2v) is 4.80. The largest absolute Gasteiger partial charge is 0.366 e. The fourth-order valence-electron chi connectivity index (χ4n) is 2.65. The third-order valence-electron chi connectivity index (χ3n) is 3.62. The van der Waals surface area contributed by atoms with Crippen LogP contribution in [0.5, 0.6) is 0 Å². The molecule has 0 spiro atoms. The van der Waals surface area contributed by atoms with Gasteiger partial charge >= 0.3 is 0 Å². The second kappa shape index (κ2) is 5.45. The molecule has 1 N–H and O–H groups in total. The molecule has 19 heavy (non-hydrogen) atoms. The lowest BCUT2D eigenvalue weighted by Gasteiger charge is -2.29. The van der Waals surface area contributed by atoms with Crippen LogP contribution < -0.4 is 10.2 Å². The Bertz CT molecular complexity index is 526. The summed E-state index contributed by atoms with van der Waals surface area (Å²) in [4.78, 5) is 2.43. The zero-order valence-corrected chi connectivity index (χ0v) is 11.3. The van der Waals surface area contributed by atoms with Gasteiger partial charge in [0.1, 0.15) is 0 Å². The summed E-state index contributed by atoms with van der Waals surface area (Å²) in [5, 5.41) is 7.94. The predicted molar refractivity (Wildman–Crippen MR) is 78.4 cm³/mol. The molecule has 0 radical (unpaired) electrons. The third kappa shape index (κ3) is 2.36. The summed E-state index contributed by atoms with van der Waals surface area (Å²) in [5.74, 6) is 0. The minimum atomic E-state index is 0.899. The molecule has 0 saturated carbocycles. The molecular weight excluding hydrogens is 236 g/mol. The van der Waals surface area contributed by atoms with Gasteiger partial charge in [-0.15, -0.1) is 0 Å². The number of aromatic nitrogens is 2. The summed E-state index contributed by atoms with van der Waals surface area (Å²) in [5.41, 5.74) is 3.75. The van der Waals surface area contributed by atoms with Gasteiger partial charge in [-0.3, -0.25) is 4.68 Å². The zero-order chi connectivity index (χ0) is 13.1. The average Bonchev–Trinajstić information content (AvgIpc) is 2.93. The highest BCUT2D eigenvalue weighted by Crippen LogP contribution is 2.30. The molecule has 0 amide bonds. The summed E-state index contributed by atoms with van der Waals surface area (Å²) in [6.07, 6.45) is 2.01. The van der Waals surface area contributed by atoms with Gasteiger partial charge in [0.25, 0.3) is 0 Å². The molecule has 2 heterocycles. The van der Waals surface area contributed by atoms with Gasteiger partial charge in [0.2, 0.25) is 0 Å². The van der Waals surface area contributed by atoms with E-state index in [0.717, 1.165) is 32.7 Å². The molecule has 100 valence electrons. The molecule has 0 aliphatic carbocycles. The first-order valence-corrected chi connectivity index (χ1v) is 6.97. The Labute approximate surface area is 114 Å². The Morgan fingerprint density at radius 2 is 1.89 bits per heavy atom. The number of hydrogen-bond acceptors (Lipinski definition) is 3. The molecule has 1 saturated heterocycles. The molecular formula is C15H20N4. The minimum absolute atomic E-state index is 0.899. The van der Waals surface area contributed by atoms with Gasteiger partial charge in [0.15, 0.2) is 0 Å². The molecule has 4 heteroatoms. The van der Waals surface area contributed by atoms with E-state index in [1.165, 1.54) is 16.9 Å². The van der Waals surface area contributed by atoms with Crippen molar-refractivity contribution in [3.63, 3.8) is 0 Å². The highest BCUT2D eigenvalue weighted by atomic mass is 15.3. The van der Waals surface area contributed by atoms with Crippen LogP contribution in [-0.2, 0) is 6.54 Å². The second-order valence-electron chi connectivity index (χ2n) is 4.80. The fraction of sp³-hybridized carbons (Fsp3) is 0.400. The first kappa shape index (κ1) is 12.2. The van der Waals surface area contributed by atoms with Crippen molar-refractivity contribution in [1.29, 1.82) is 0 Å². The first-order valence-electron chi connectivity index (χ1n) is 6.97. The van der Waals surface area contributed by atoms with Gasteiger partial charge in [0.05, 0.1) is 17.6 Å². The number of benzene rings is 1. The lowest BCUT2D eigenvalue weighted by atomic mass is 10.1. The van der Waals surface area contributed by atoms with Gasteiger partial charge in [-0.2, -0.15) is 5.10 Å². The number of rotatable bonds is 3. The summed E-state index contributed by atoms with van der Waals surface area (Å²) in [6, 6.07) is 10.6. The minimum Gasteiger partial charge on any atom is -0.366 e. The van der Waals surface area contributed by atoms with Crippen LogP contribution >= 0.6 is 0 Å². The van der Waals surface area contributed by atoms with Crippen molar-refractivity contribution >= 4 is 5.69 Å². The van der Waals surface area contributed by atoms with E-state index < -0.39 is 0 Å². The van der Waals surface area contributed by atoms with Crippen LogP contribution in [-0.4, -0.2) is 36.0 Å². The Balaban J connectivity index is 2.03. The van der Waals surface area contributed by atoms with Crippen LogP contribution in [0, 0.1) is 0 Å². The molecule has 0 bridgehead atoms. The molecule has 1 aromatic carbocycles. The van der Waals surface area contributed by atoms with Gasteiger partial charge < -0.3 is 10.2 Å². The maximum atomic E-state index is 4.54. The number of aryl methyl sites for hydroxylation is 1. The number of anilines is 1. The lowest BCUT2D eigenvalue weighted by Crippen LogP contribution is -2.43. The van der Waals surface area contributed by atoms with Crippen LogP contribution in [0.25, 0.3) is 11.3 Å². The molecule has 1 aliphatic rings. The van der Waals surface area contributed by atoms with E-state index in [9.17, 15) is 0 Å². The molecule has 1 fully saturated rings. The maximum absolute atomic E-state index is 4.54. The smallest absolute Gasteiger partial charge is 0.0916 e. The Morgan fingerprint density at radius 1 is 1.16 bits per heavy atom. The monoisotopic (exact) mass is 256 g/mol. The van der Waals surface area contributed by atoms with E-state index in [-0.39, 0.29) is 0 Å². The summed E-state index contributed by atoms with van der Waals surface area (Å²) in [7, 11) is 0. The summed E-state index contributed by atoms with van der Waals surface area (Å²) < 4.78 is 2.09. The average molecular weight is 256 g/mol. The molecule has 1 aliphatic heterocycles. The molecule has 0 unspecified atom stereocenters. The first-order chi connectivity index (χ1) is 9.40. The van der Waals surface area contributed by atoms with Crippen LogP contribution in [0.1, 0.15) is 6.92 Å². The van der Waals surface area contributed by atoms with E-state index >= 15 is 0 Å². The molecule has 1 aromatic heterocycles. The van der Waals surface area contributed by atoms with Gasteiger partial charge in [-0.05, 0) is 6.92 Å². The van der Waals surface area contributed by atoms with Crippen molar-refractivity contribution in [2.24, 2.45) is 0 Å². The highest BCUT2D eigenvalue weighted by molar-refractivity contribution is 5.75. The van der Waals surface area contributed by atoms with E-state index in [1.54, 1.807) is 0 Å². The zero-order valence-electron chi connectivity index (χ0n) is 11.3. The summed E-state index contributed by atoms with van der Waals surface area (Å²) in [6.45, 7) is 7.23. The van der Waals surface area contributed by atoms with Gasteiger partial charge in [-0.1, -0.05) is 30.3 Å². The third-order valence-corrected chi connectivity index (χ3v) is 3.62. The molecule has 3 rings (SSSR count). The number of piperazine rings is 1. The summed E-state index contributed by atoms with van der Waals surface area (Å²) >= 11 is 0. The van der Waals surface area contributed by atoms with Crippen LogP contribution in [0.3, 0.4) is 0 Å². The Morgan fingerprint density at radius 3 is 2.58 bits per heavy atom. The van der Waals surface area contributed by atoms with Crippen molar-refractivity contribution in [1.82, 2.24) is 15.1 Å². The number of nitrogens with zero attached hydrogens (tertiary/aromatic N) is 3. The SMILES string of the molecule is CCn1ncc(N2CCNCC2)c1-c1ccccc1. The Kier molecular flexibility index (Phi) is 3.51. The van der Waals surface area contributed by atoms with Gasteiger partial charge in [0, 0.05) is 38.3 Å². The number of nitrogens with one attached hydrogen (secondary N) is 1. The molecule has 0 atom stereocenters. The normalized spacial score (nSPS) is 15.7. The van der Waals surface area contributed by atoms with Crippen molar-refractivity contribution in [3.8, 4) is 11.3 Å². The topological polar surface area (TPSA) is 33.1 Å². The predicted octanol–water partition coefficient (Wildman–Crippen LogP) is 1.98. The van der Waals surface area contributed by atoms with Gasteiger partial charge in [-0.25, -0.2) is 0 Å².